The summed E-state index contributed by atoms with van der Waals surface area (Å²) in [6, 6.07) is 16.1. The molecular formula is C16H15N2O3P. The Morgan fingerprint density at radius 2 is 1.73 bits per heavy atom. The molecule has 0 radical (unpaired) electrons. The van der Waals surface area contributed by atoms with Gasteiger partial charge in [-0.2, -0.15) is 0 Å². The predicted molar refractivity (Wildman–Crippen MR) is 87.1 cm³/mol. The lowest BCUT2D eigenvalue weighted by Crippen LogP contribution is -2.25. The summed E-state index contributed by atoms with van der Waals surface area (Å²) in [6.07, 6.45) is 0. The molecule has 0 bridgehead atoms. The van der Waals surface area contributed by atoms with Crippen molar-refractivity contribution in [2.24, 2.45) is 5.73 Å². The second kappa shape index (κ2) is 5.44. The van der Waals surface area contributed by atoms with Gasteiger partial charge in [0.15, 0.2) is 0 Å². The lowest BCUT2D eigenvalue weighted by atomic mass is 10.2. The van der Waals surface area contributed by atoms with E-state index in [4.69, 9.17) is 10.3 Å². The number of nitrogens with one attached hydrogen (secondary N) is 1. The average Bonchev–Trinajstić information content (AvgIpc) is 2.95. The minimum Gasteiger partial charge on any atom is -0.364 e. The van der Waals surface area contributed by atoms with Gasteiger partial charge < -0.3 is 15.2 Å². The van der Waals surface area contributed by atoms with Gasteiger partial charge in [0.25, 0.3) is 13.3 Å². The zero-order valence-electron chi connectivity index (χ0n) is 11.9. The summed E-state index contributed by atoms with van der Waals surface area (Å²) < 4.78 is 18.9. The SMILES string of the molecule is COP(=O)(c1ccccc1)c1c(C(N)=O)[nH]c2ccccc12. The van der Waals surface area contributed by atoms with Gasteiger partial charge in [-0.05, 0) is 18.2 Å². The zero-order chi connectivity index (χ0) is 15.7. The number of hydrogen-bond donors (Lipinski definition) is 2. The molecular weight excluding hydrogens is 299 g/mol. The van der Waals surface area contributed by atoms with Crippen LogP contribution in [0.25, 0.3) is 10.9 Å². The molecule has 1 amide bonds. The van der Waals surface area contributed by atoms with Crippen LogP contribution in [0.15, 0.2) is 54.6 Å². The van der Waals surface area contributed by atoms with Crippen LogP contribution in [-0.4, -0.2) is 18.0 Å². The van der Waals surface area contributed by atoms with Crippen LogP contribution in [-0.2, 0) is 9.09 Å². The molecule has 0 aliphatic carbocycles. The molecule has 3 rings (SSSR count). The number of fused-ring (bicyclic) bond motifs is 1. The van der Waals surface area contributed by atoms with Crippen LogP contribution < -0.4 is 16.3 Å². The molecule has 1 aromatic heterocycles. The monoisotopic (exact) mass is 314 g/mol. The van der Waals surface area contributed by atoms with Gasteiger partial charge in [-0.15, -0.1) is 0 Å². The molecule has 0 saturated carbocycles. The molecule has 0 saturated heterocycles. The number of aromatic nitrogens is 1. The van der Waals surface area contributed by atoms with Gasteiger partial charge in [0.2, 0.25) is 0 Å². The maximum atomic E-state index is 13.5. The highest BCUT2D eigenvalue weighted by molar-refractivity contribution is 7.75. The quantitative estimate of drug-likeness (QED) is 0.724. The fourth-order valence-corrected chi connectivity index (χ4v) is 4.75. The third-order valence-electron chi connectivity index (χ3n) is 3.57. The van der Waals surface area contributed by atoms with Gasteiger partial charge in [-0.25, -0.2) is 0 Å². The van der Waals surface area contributed by atoms with E-state index in [1.165, 1.54) is 7.11 Å². The summed E-state index contributed by atoms with van der Waals surface area (Å²) in [7, 11) is -2.05. The van der Waals surface area contributed by atoms with E-state index in [1.54, 1.807) is 36.4 Å². The molecule has 1 unspecified atom stereocenters. The summed E-state index contributed by atoms with van der Waals surface area (Å²) in [5.74, 6) is -0.667. The number of carbonyl (C=O) groups is 1. The maximum Gasteiger partial charge on any atom is 0.266 e. The molecule has 0 aliphatic rings. The molecule has 22 heavy (non-hydrogen) atoms. The van der Waals surface area contributed by atoms with Crippen molar-refractivity contribution in [3.63, 3.8) is 0 Å². The molecule has 2 aromatic carbocycles. The van der Waals surface area contributed by atoms with Crippen LogP contribution in [0.4, 0.5) is 0 Å². The van der Waals surface area contributed by atoms with Gasteiger partial charge >= 0.3 is 0 Å². The Hall–Kier alpha value is -2.36. The van der Waals surface area contributed by atoms with Crippen molar-refractivity contribution in [3.05, 3.63) is 60.3 Å². The molecule has 1 heterocycles. The molecule has 0 aliphatic heterocycles. The van der Waals surface area contributed by atoms with E-state index in [2.05, 4.69) is 4.98 Å². The topological polar surface area (TPSA) is 85.2 Å². The molecule has 3 aromatic rings. The molecule has 3 N–H and O–H groups in total. The van der Waals surface area contributed by atoms with Gasteiger partial charge in [-0.1, -0.05) is 36.4 Å². The van der Waals surface area contributed by atoms with Crippen LogP contribution in [0, 0.1) is 0 Å². The second-order valence-electron chi connectivity index (χ2n) is 4.83. The number of hydrogen-bond acceptors (Lipinski definition) is 3. The van der Waals surface area contributed by atoms with Crippen LogP contribution in [0.5, 0.6) is 0 Å². The van der Waals surface area contributed by atoms with E-state index in [0.717, 1.165) is 0 Å². The normalized spacial score (nSPS) is 13.9. The number of benzene rings is 2. The first-order valence-corrected chi connectivity index (χ1v) is 8.33. The molecule has 6 heteroatoms. The summed E-state index contributed by atoms with van der Waals surface area (Å²) >= 11 is 0. The fourth-order valence-electron chi connectivity index (χ4n) is 2.56. The number of amides is 1. The minimum atomic E-state index is -3.43. The molecule has 5 nitrogen and oxygen atoms in total. The highest BCUT2D eigenvalue weighted by Crippen LogP contribution is 2.46. The van der Waals surface area contributed by atoms with E-state index >= 15 is 0 Å². The van der Waals surface area contributed by atoms with Gasteiger partial charge in [-0.3, -0.25) is 9.36 Å². The Bertz CT molecular complexity index is 887. The zero-order valence-corrected chi connectivity index (χ0v) is 12.8. The van der Waals surface area contributed by atoms with E-state index in [0.29, 0.717) is 21.5 Å². The maximum absolute atomic E-state index is 13.5. The standard InChI is InChI=1S/C16H15N2O3P/c1-21-22(20,11-7-3-2-4-8-11)15-12-9-5-6-10-13(12)18-14(15)16(17)19/h2-10,18H,1H3,(H2,17,19). The highest BCUT2D eigenvalue weighted by atomic mass is 31.2. The van der Waals surface area contributed by atoms with Gasteiger partial charge in [0.1, 0.15) is 5.69 Å². The Morgan fingerprint density at radius 3 is 2.36 bits per heavy atom. The number of primary amides is 1. The Balaban J connectivity index is 2.39. The van der Waals surface area contributed by atoms with Gasteiger partial charge in [0.05, 0.1) is 5.30 Å². The molecule has 112 valence electrons. The van der Waals surface area contributed by atoms with Crippen LogP contribution >= 0.6 is 7.37 Å². The van der Waals surface area contributed by atoms with Crippen molar-refractivity contribution in [1.29, 1.82) is 0 Å². The first-order valence-electron chi connectivity index (χ1n) is 6.70. The van der Waals surface area contributed by atoms with E-state index < -0.39 is 13.3 Å². The molecule has 0 spiro atoms. The van der Waals surface area contributed by atoms with Crippen LogP contribution in [0.2, 0.25) is 0 Å². The summed E-state index contributed by atoms with van der Waals surface area (Å²) in [4.78, 5) is 14.7. The lowest BCUT2D eigenvalue weighted by molar-refractivity contribution is 0.0997. The Labute approximate surface area is 127 Å². The molecule has 0 fully saturated rings. The lowest BCUT2D eigenvalue weighted by Gasteiger charge is -2.17. The minimum absolute atomic E-state index is 0.121. The van der Waals surface area contributed by atoms with Crippen molar-refractivity contribution in [3.8, 4) is 0 Å². The number of para-hydroxylation sites is 1. The number of carbonyl (C=O) groups excluding carboxylic acids is 1. The van der Waals surface area contributed by atoms with E-state index in [9.17, 15) is 9.36 Å². The van der Waals surface area contributed by atoms with Crippen molar-refractivity contribution in [2.75, 3.05) is 7.11 Å². The third kappa shape index (κ3) is 2.15. The smallest absolute Gasteiger partial charge is 0.266 e. The third-order valence-corrected chi connectivity index (χ3v) is 6.12. The van der Waals surface area contributed by atoms with Crippen molar-refractivity contribution < 1.29 is 13.9 Å². The highest BCUT2D eigenvalue weighted by Gasteiger charge is 2.34. The van der Waals surface area contributed by atoms with Crippen LogP contribution in [0.1, 0.15) is 10.5 Å². The second-order valence-corrected chi connectivity index (χ2v) is 7.26. The largest absolute Gasteiger partial charge is 0.364 e. The van der Waals surface area contributed by atoms with E-state index in [1.807, 2.05) is 18.2 Å². The number of nitrogens with two attached hydrogens (primary N) is 1. The fraction of sp³-hybridized carbons (Fsp3) is 0.0625. The Kier molecular flexibility index (Phi) is 3.61. The Morgan fingerprint density at radius 1 is 1.09 bits per heavy atom. The summed E-state index contributed by atoms with van der Waals surface area (Å²) in [6.45, 7) is 0. The number of rotatable bonds is 4. The number of aromatic amines is 1. The average molecular weight is 314 g/mol. The van der Waals surface area contributed by atoms with E-state index in [-0.39, 0.29) is 5.69 Å². The van der Waals surface area contributed by atoms with Gasteiger partial charge in [0, 0.05) is 23.3 Å². The van der Waals surface area contributed by atoms with Crippen molar-refractivity contribution in [1.82, 2.24) is 4.98 Å². The first-order chi connectivity index (χ1) is 10.6. The van der Waals surface area contributed by atoms with Crippen molar-refractivity contribution in [2.45, 2.75) is 0 Å². The number of H-pyrrole nitrogens is 1. The van der Waals surface area contributed by atoms with Crippen molar-refractivity contribution >= 4 is 34.8 Å². The summed E-state index contributed by atoms with van der Waals surface area (Å²) in [5, 5.41) is 1.51. The first kappa shape index (κ1) is 14.6. The van der Waals surface area contributed by atoms with Crippen LogP contribution in [0.3, 0.4) is 0 Å². The molecule has 1 atom stereocenters. The summed E-state index contributed by atoms with van der Waals surface area (Å²) in [5.41, 5.74) is 6.28. The predicted octanol–water partition coefficient (Wildman–Crippen LogP) is 2.14.